The summed E-state index contributed by atoms with van der Waals surface area (Å²) in [7, 11) is 3.07. The van der Waals surface area contributed by atoms with Crippen molar-refractivity contribution in [2.45, 2.75) is 38.6 Å². The van der Waals surface area contributed by atoms with E-state index in [0.717, 1.165) is 12.8 Å². The lowest BCUT2D eigenvalue weighted by molar-refractivity contribution is -0.157. The molecule has 24 heavy (non-hydrogen) atoms. The van der Waals surface area contributed by atoms with Crippen LogP contribution in [0.2, 0.25) is 0 Å². The average Bonchev–Trinajstić information content (AvgIpc) is 2.61. The maximum absolute atomic E-state index is 13.0. The SMILES string of the molecule is CCOC(=O)C1(C)CCCCN1C(=O)c1ccc(OC)c(OC)c1. The molecule has 0 N–H and O–H groups in total. The van der Waals surface area contributed by atoms with Gasteiger partial charge in [-0.05, 0) is 51.3 Å². The summed E-state index contributed by atoms with van der Waals surface area (Å²) in [5.41, 5.74) is -0.469. The quantitative estimate of drug-likeness (QED) is 0.774. The number of benzene rings is 1. The van der Waals surface area contributed by atoms with Gasteiger partial charge in [0.15, 0.2) is 11.5 Å². The molecule has 2 rings (SSSR count). The number of hydrogen-bond acceptors (Lipinski definition) is 5. The Morgan fingerprint density at radius 2 is 1.88 bits per heavy atom. The third-order valence-corrected chi connectivity index (χ3v) is 4.48. The Bertz CT molecular complexity index is 615. The summed E-state index contributed by atoms with van der Waals surface area (Å²) in [6.07, 6.45) is 2.36. The molecule has 6 nitrogen and oxygen atoms in total. The summed E-state index contributed by atoms with van der Waals surface area (Å²) in [5, 5.41) is 0. The van der Waals surface area contributed by atoms with Crippen LogP contribution in [-0.2, 0) is 9.53 Å². The first-order valence-electron chi connectivity index (χ1n) is 8.19. The van der Waals surface area contributed by atoms with Crippen molar-refractivity contribution >= 4 is 11.9 Å². The van der Waals surface area contributed by atoms with Crippen LogP contribution in [-0.4, -0.2) is 49.7 Å². The van der Waals surface area contributed by atoms with E-state index in [1.54, 1.807) is 44.1 Å². The number of piperidine rings is 1. The lowest BCUT2D eigenvalue weighted by Crippen LogP contribution is -2.58. The highest BCUT2D eigenvalue weighted by molar-refractivity contribution is 5.98. The molecular weight excluding hydrogens is 310 g/mol. The molecule has 0 aromatic heterocycles. The number of ether oxygens (including phenoxy) is 3. The molecule has 1 saturated heterocycles. The maximum Gasteiger partial charge on any atom is 0.331 e. The molecule has 1 aliphatic rings. The number of rotatable bonds is 5. The normalized spacial score (nSPS) is 20.4. The molecule has 1 aromatic rings. The van der Waals surface area contributed by atoms with Crippen LogP contribution in [0.4, 0.5) is 0 Å². The van der Waals surface area contributed by atoms with Gasteiger partial charge < -0.3 is 19.1 Å². The van der Waals surface area contributed by atoms with Crippen molar-refractivity contribution in [2.75, 3.05) is 27.4 Å². The van der Waals surface area contributed by atoms with Gasteiger partial charge in [-0.3, -0.25) is 4.79 Å². The molecule has 0 spiro atoms. The molecule has 1 unspecified atom stereocenters. The largest absolute Gasteiger partial charge is 0.493 e. The number of nitrogens with zero attached hydrogens (tertiary/aromatic N) is 1. The molecule has 1 atom stereocenters. The summed E-state index contributed by atoms with van der Waals surface area (Å²) >= 11 is 0. The van der Waals surface area contributed by atoms with Gasteiger partial charge in [0, 0.05) is 12.1 Å². The van der Waals surface area contributed by atoms with Crippen molar-refractivity contribution in [3.05, 3.63) is 23.8 Å². The monoisotopic (exact) mass is 335 g/mol. The second-order valence-corrected chi connectivity index (χ2v) is 5.98. The van der Waals surface area contributed by atoms with Crippen LogP contribution in [0.1, 0.15) is 43.5 Å². The van der Waals surface area contributed by atoms with E-state index in [2.05, 4.69) is 0 Å². The molecule has 0 radical (unpaired) electrons. The van der Waals surface area contributed by atoms with Crippen molar-refractivity contribution in [3.63, 3.8) is 0 Å². The third-order valence-electron chi connectivity index (χ3n) is 4.48. The molecule has 0 aliphatic carbocycles. The standard InChI is InChI=1S/C18H25NO5/c1-5-24-17(21)18(2)10-6-7-11-19(18)16(20)13-8-9-14(22-3)15(12-13)23-4/h8-9,12H,5-7,10-11H2,1-4H3. The lowest BCUT2D eigenvalue weighted by atomic mass is 9.87. The Hall–Kier alpha value is -2.24. The van der Waals surface area contributed by atoms with Crippen molar-refractivity contribution in [3.8, 4) is 11.5 Å². The van der Waals surface area contributed by atoms with E-state index in [9.17, 15) is 9.59 Å². The van der Waals surface area contributed by atoms with Crippen LogP contribution < -0.4 is 9.47 Å². The van der Waals surface area contributed by atoms with E-state index >= 15 is 0 Å². The molecule has 132 valence electrons. The predicted molar refractivity (Wildman–Crippen MR) is 89.5 cm³/mol. The van der Waals surface area contributed by atoms with Gasteiger partial charge in [-0.25, -0.2) is 4.79 Å². The molecule has 6 heteroatoms. The number of carbonyl (C=O) groups is 2. The molecule has 1 heterocycles. The van der Waals surface area contributed by atoms with Gasteiger partial charge in [0.25, 0.3) is 5.91 Å². The molecule has 0 saturated carbocycles. The zero-order chi connectivity index (χ0) is 17.7. The van der Waals surface area contributed by atoms with Crippen LogP contribution in [0.25, 0.3) is 0 Å². The fourth-order valence-corrected chi connectivity index (χ4v) is 3.07. The third kappa shape index (κ3) is 3.32. The van der Waals surface area contributed by atoms with Crippen LogP contribution >= 0.6 is 0 Å². The minimum Gasteiger partial charge on any atom is -0.493 e. The van der Waals surface area contributed by atoms with Crippen molar-refractivity contribution in [1.29, 1.82) is 0 Å². The number of carbonyl (C=O) groups excluding carboxylic acids is 2. The van der Waals surface area contributed by atoms with Gasteiger partial charge in [0.2, 0.25) is 0 Å². The topological polar surface area (TPSA) is 65.1 Å². The molecule has 0 bridgehead atoms. The fourth-order valence-electron chi connectivity index (χ4n) is 3.07. The van der Waals surface area contributed by atoms with Gasteiger partial charge in [0.05, 0.1) is 20.8 Å². The molecule has 1 aromatic carbocycles. The zero-order valence-electron chi connectivity index (χ0n) is 14.8. The van der Waals surface area contributed by atoms with E-state index in [1.165, 1.54) is 7.11 Å². The van der Waals surface area contributed by atoms with E-state index in [0.29, 0.717) is 36.6 Å². The summed E-state index contributed by atoms with van der Waals surface area (Å²) in [5.74, 6) is 0.490. The van der Waals surface area contributed by atoms with Crippen LogP contribution in [0.15, 0.2) is 18.2 Å². The second kappa shape index (κ2) is 7.55. The highest BCUT2D eigenvalue weighted by Crippen LogP contribution is 2.33. The summed E-state index contributed by atoms with van der Waals surface area (Å²) in [6.45, 7) is 4.38. The summed E-state index contributed by atoms with van der Waals surface area (Å²) in [4.78, 5) is 27.1. The number of likely N-dealkylation sites (tertiary alicyclic amines) is 1. The minimum atomic E-state index is -0.932. The first-order valence-corrected chi connectivity index (χ1v) is 8.19. The Kier molecular flexibility index (Phi) is 5.70. The lowest BCUT2D eigenvalue weighted by Gasteiger charge is -2.42. The van der Waals surface area contributed by atoms with E-state index in [1.807, 2.05) is 0 Å². The molecule has 1 amide bonds. The van der Waals surface area contributed by atoms with Crippen LogP contribution in [0.3, 0.4) is 0 Å². The first kappa shape index (κ1) is 18.1. The Morgan fingerprint density at radius 3 is 2.50 bits per heavy atom. The zero-order valence-corrected chi connectivity index (χ0v) is 14.8. The predicted octanol–water partition coefficient (Wildman–Crippen LogP) is 2.65. The van der Waals surface area contributed by atoms with Crippen molar-refractivity contribution < 1.29 is 23.8 Å². The van der Waals surface area contributed by atoms with E-state index in [-0.39, 0.29) is 11.9 Å². The van der Waals surface area contributed by atoms with Crippen LogP contribution in [0.5, 0.6) is 11.5 Å². The molecular formula is C18H25NO5. The number of hydrogen-bond donors (Lipinski definition) is 0. The van der Waals surface area contributed by atoms with Crippen molar-refractivity contribution in [1.82, 2.24) is 4.90 Å². The smallest absolute Gasteiger partial charge is 0.331 e. The highest BCUT2D eigenvalue weighted by atomic mass is 16.5. The Balaban J connectivity index is 2.33. The van der Waals surface area contributed by atoms with E-state index < -0.39 is 5.54 Å². The highest BCUT2D eigenvalue weighted by Gasteiger charge is 2.45. The van der Waals surface area contributed by atoms with E-state index in [4.69, 9.17) is 14.2 Å². The first-order chi connectivity index (χ1) is 11.5. The van der Waals surface area contributed by atoms with Gasteiger partial charge in [-0.1, -0.05) is 0 Å². The summed E-state index contributed by atoms with van der Waals surface area (Å²) in [6, 6.07) is 5.02. The Morgan fingerprint density at radius 1 is 1.17 bits per heavy atom. The number of methoxy groups -OCH3 is 2. The van der Waals surface area contributed by atoms with Gasteiger partial charge >= 0.3 is 5.97 Å². The van der Waals surface area contributed by atoms with Gasteiger partial charge in [-0.2, -0.15) is 0 Å². The number of esters is 1. The summed E-state index contributed by atoms with van der Waals surface area (Å²) < 4.78 is 15.7. The number of amides is 1. The Labute approximate surface area is 142 Å². The van der Waals surface area contributed by atoms with Gasteiger partial charge in [-0.15, -0.1) is 0 Å². The molecule has 1 aliphatic heterocycles. The minimum absolute atomic E-state index is 0.203. The average molecular weight is 335 g/mol. The second-order valence-electron chi connectivity index (χ2n) is 5.98. The van der Waals surface area contributed by atoms with Gasteiger partial charge in [0.1, 0.15) is 5.54 Å². The van der Waals surface area contributed by atoms with Crippen molar-refractivity contribution in [2.24, 2.45) is 0 Å². The van der Waals surface area contributed by atoms with Crippen LogP contribution in [0, 0.1) is 0 Å². The fraction of sp³-hybridized carbons (Fsp3) is 0.556. The molecule has 1 fully saturated rings. The maximum atomic E-state index is 13.0.